The maximum atomic E-state index is 4.46. The number of nitrogens with zero attached hydrogens (tertiary/aromatic N) is 5. The lowest BCUT2D eigenvalue weighted by molar-refractivity contribution is 0.683. The molecule has 1 fully saturated rings. The fourth-order valence-electron chi connectivity index (χ4n) is 2.40. The minimum absolute atomic E-state index is 0.485. The Kier molecular flexibility index (Phi) is 3.33. The van der Waals surface area contributed by atoms with E-state index in [1.807, 2.05) is 12.3 Å². The zero-order valence-corrected chi connectivity index (χ0v) is 12.0. The number of rotatable bonds is 3. The molecule has 19 heavy (non-hydrogen) atoms. The topological polar surface area (TPSA) is 45.2 Å². The summed E-state index contributed by atoms with van der Waals surface area (Å²) in [5, 5.41) is 1.14. The average molecular weight is 275 g/mol. The van der Waals surface area contributed by atoms with Gasteiger partial charge in [-0.25, -0.2) is 15.0 Å². The van der Waals surface area contributed by atoms with Crippen molar-refractivity contribution in [1.82, 2.24) is 15.0 Å². The molecule has 2 aromatic rings. The predicted octanol–water partition coefficient (Wildman–Crippen LogP) is 1.96. The molecule has 0 spiro atoms. The number of aromatic nitrogens is 3. The molecule has 0 bridgehead atoms. The quantitative estimate of drug-likeness (QED) is 0.857. The van der Waals surface area contributed by atoms with Crippen molar-refractivity contribution in [3.05, 3.63) is 29.7 Å². The Bertz CT molecular complexity index is 541. The fourth-order valence-corrected chi connectivity index (χ4v) is 3.19. The summed E-state index contributed by atoms with van der Waals surface area (Å²) in [4.78, 5) is 18.6. The van der Waals surface area contributed by atoms with Gasteiger partial charge in [-0.05, 0) is 19.4 Å². The molecular formula is C13H17N5S. The Hall–Kier alpha value is -1.69. The second kappa shape index (κ2) is 5.13. The Morgan fingerprint density at radius 1 is 1.42 bits per heavy atom. The van der Waals surface area contributed by atoms with E-state index in [2.05, 4.69) is 38.7 Å². The molecule has 6 heteroatoms. The summed E-state index contributed by atoms with van der Waals surface area (Å²) in [5.74, 6) is 0.983. The van der Waals surface area contributed by atoms with Crippen molar-refractivity contribution in [2.45, 2.75) is 19.4 Å². The molecule has 1 unspecified atom stereocenters. The summed E-state index contributed by atoms with van der Waals surface area (Å²) in [7, 11) is 2.10. The van der Waals surface area contributed by atoms with Crippen LogP contribution in [0.15, 0.2) is 24.8 Å². The first kappa shape index (κ1) is 12.3. The molecule has 3 heterocycles. The molecule has 5 nitrogen and oxygen atoms in total. The first-order valence-corrected chi connectivity index (χ1v) is 7.22. The van der Waals surface area contributed by atoms with E-state index >= 15 is 0 Å². The molecule has 0 amide bonds. The van der Waals surface area contributed by atoms with Gasteiger partial charge in [0.25, 0.3) is 0 Å². The molecule has 0 N–H and O–H groups in total. The van der Waals surface area contributed by atoms with E-state index in [1.165, 1.54) is 4.88 Å². The van der Waals surface area contributed by atoms with Gasteiger partial charge in [0.1, 0.15) is 12.1 Å². The van der Waals surface area contributed by atoms with Crippen molar-refractivity contribution in [2.24, 2.45) is 0 Å². The molecule has 1 saturated heterocycles. The number of hydrogen-bond acceptors (Lipinski definition) is 6. The summed E-state index contributed by atoms with van der Waals surface area (Å²) in [6.07, 6.45) is 6.47. The highest BCUT2D eigenvalue weighted by Crippen LogP contribution is 2.27. The van der Waals surface area contributed by atoms with Gasteiger partial charge in [0, 0.05) is 43.4 Å². The van der Waals surface area contributed by atoms with E-state index in [4.69, 9.17) is 0 Å². The lowest BCUT2D eigenvalue weighted by Crippen LogP contribution is -2.35. The molecule has 1 aliphatic rings. The minimum Gasteiger partial charge on any atom is -0.355 e. The van der Waals surface area contributed by atoms with E-state index in [-0.39, 0.29) is 0 Å². The van der Waals surface area contributed by atoms with Crippen LogP contribution >= 0.6 is 11.3 Å². The zero-order chi connectivity index (χ0) is 13.2. The van der Waals surface area contributed by atoms with Crippen LogP contribution in [0.5, 0.6) is 0 Å². The molecule has 0 radical (unpaired) electrons. The van der Waals surface area contributed by atoms with Gasteiger partial charge in [-0.2, -0.15) is 0 Å². The monoisotopic (exact) mass is 275 g/mol. The summed E-state index contributed by atoms with van der Waals surface area (Å²) < 4.78 is 0. The Balaban J connectivity index is 1.69. The van der Waals surface area contributed by atoms with Gasteiger partial charge in [-0.15, -0.1) is 11.3 Å². The third-order valence-corrected chi connectivity index (χ3v) is 4.49. The van der Waals surface area contributed by atoms with Crippen LogP contribution in [0.3, 0.4) is 0 Å². The molecule has 100 valence electrons. The highest BCUT2D eigenvalue weighted by molar-refractivity contribution is 7.15. The molecule has 0 saturated carbocycles. The number of hydrogen-bond donors (Lipinski definition) is 0. The largest absolute Gasteiger partial charge is 0.355 e. The smallest absolute Gasteiger partial charge is 0.185 e. The highest BCUT2D eigenvalue weighted by atomic mass is 32.1. The predicted molar refractivity (Wildman–Crippen MR) is 77.9 cm³/mol. The van der Waals surface area contributed by atoms with Gasteiger partial charge in [-0.3, -0.25) is 0 Å². The van der Waals surface area contributed by atoms with E-state index in [0.717, 1.165) is 30.5 Å². The van der Waals surface area contributed by atoms with Crippen LogP contribution in [0, 0.1) is 6.92 Å². The number of anilines is 2. The third-order valence-electron chi connectivity index (χ3n) is 3.52. The Morgan fingerprint density at radius 2 is 2.32 bits per heavy atom. The first-order chi connectivity index (χ1) is 9.24. The van der Waals surface area contributed by atoms with Gasteiger partial charge in [0.15, 0.2) is 5.13 Å². The summed E-state index contributed by atoms with van der Waals surface area (Å²) >= 11 is 1.77. The molecule has 0 aromatic carbocycles. The van der Waals surface area contributed by atoms with Gasteiger partial charge >= 0.3 is 0 Å². The standard InChI is InChI=1S/C13H17N5S/c1-10-7-15-13(19-10)18-6-4-11(8-18)17(2)12-3-5-14-9-16-12/h3,5,7,9,11H,4,6,8H2,1-2H3. The first-order valence-electron chi connectivity index (χ1n) is 6.40. The van der Waals surface area contributed by atoms with Crippen molar-refractivity contribution >= 4 is 22.3 Å². The van der Waals surface area contributed by atoms with Crippen molar-refractivity contribution < 1.29 is 0 Å². The summed E-state index contributed by atoms with van der Waals surface area (Å²) in [6, 6.07) is 2.44. The molecule has 1 aliphatic heterocycles. The summed E-state index contributed by atoms with van der Waals surface area (Å²) in [5.41, 5.74) is 0. The SMILES string of the molecule is Cc1cnc(N2CCC(N(C)c3ccncn3)C2)s1. The Morgan fingerprint density at radius 3 is 3.00 bits per heavy atom. The normalized spacial score (nSPS) is 18.8. The van der Waals surface area contributed by atoms with Crippen molar-refractivity contribution in [3.8, 4) is 0 Å². The van der Waals surface area contributed by atoms with Crippen molar-refractivity contribution in [1.29, 1.82) is 0 Å². The molecule has 1 atom stereocenters. The molecular weight excluding hydrogens is 258 g/mol. The zero-order valence-electron chi connectivity index (χ0n) is 11.2. The van der Waals surface area contributed by atoms with E-state index in [9.17, 15) is 0 Å². The average Bonchev–Trinajstić information content (AvgIpc) is 3.07. The molecule has 2 aromatic heterocycles. The van der Waals surface area contributed by atoms with Gasteiger partial charge in [0.05, 0.1) is 0 Å². The molecule has 3 rings (SSSR count). The number of likely N-dealkylation sites (N-methyl/N-ethyl adjacent to an activating group) is 1. The van der Waals surface area contributed by atoms with Crippen LogP contribution in [0.1, 0.15) is 11.3 Å². The lowest BCUT2D eigenvalue weighted by atomic mass is 10.2. The highest BCUT2D eigenvalue weighted by Gasteiger charge is 2.27. The van der Waals surface area contributed by atoms with Crippen LogP contribution < -0.4 is 9.80 Å². The minimum atomic E-state index is 0.485. The number of aryl methyl sites for hydroxylation is 1. The van der Waals surface area contributed by atoms with Gasteiger partial charge in [-0.1, -0.05) is 0 Å². The van der Waals surface area contributed by atoms with E-state index < -0.39 is 0 Å². The number of thiazole rings is 1. The van der Waals surface area contributed by atoms with Crippen LogP contribution in [-0.4, -0.2) is 41.1 Å². The van der Waals surface area contributed by atoms with Gasteiger partial charge < -0.3 is 9.80 Å². The Labute approximate surface area is 116 Å². The fraction of sp³-hybridized carbons (Fsp3) is 0.462. The van der Waals surface area contributed by atoms with E-state index in [1.54, 1.807) is 23.9 Å². The van der Waals surface area contributed by atoms with Crippen LogP contribution in [0.2, 0.25) is 0 Å². The summed E-state index contributed by atoms with van der Waals surface area (Å²) in [6.45, 7) is 4.17. The second-order valence-electron chi connectivity index (χ2n) is 4.82. The lowest BCUT2D eigenvalue weighted by Gasteiger charge is -2.25. The maximum absolute atomic E-state index is 4.46. The second-order valence-corrected chi connectivity index (χ2v) is 6.03. The maximum Gasteiger partial charge on any atom is 0.185 e. The van der Waals surface area contributed by atoms with Crippen molar-refractivity contribution in [3.63, 3.8) is 0 Å². The van der Waals surface area contributed by atoms with Crippen LogP contribution in [0.4, 0.5) is 10.9 Å². The van der Waals surface area contributed by atoms with Crippen molar-refractivity contribution in [2.75, 3.05) is 29.9 Å². The van der Waals surface area contributed by atoms with Crippen LogP contribution in [0.25, 0.3) is 0 Å². The van der Waals surface area contributed by atoms with E-state index in [0.29, 0.717) is 6.04 Å². The third kappa shape index (κ3) is 2.53. The van der Waals surface area contributed by atoms with Gasteiger partial charge in [0.2, 0.25) is 0 Å². The molecule has 0 aliphatic carbocycles. The van der Waals surface area contributed by atoms with Crippen LogP contribution in [-0.2, 0) is 0 Å².